The number of Topliss-reactive ketones (excluding diaryl/α,β-unsaturated/α-hetero) is 1. The van der Waals surface area contributed by atoms with Crippen LogP contribution >= 0.6 is 11.8 Å². The molecule has 0 amide bonds. The number of aryl methyl sites for hydroxylation is 1. The second kappa shape index (κ2) is 9.54. The smallest absolute Gasteiger partial charge is 0.277 e. The van der Waals surface area contributed by atoms with Crippen LogP contribution in [0.15, 0.2) is 64.2 Å². The van der Waals surface area contributed by atoms with Crippen molar-refractivity contribution in [3.05, 3.63) is 71.5 Å². The molecule has 0 spiro atoms. The maximum atomic E-state index is 13.3. The van der Waals surface area contributed by atoms with Gasteiger partial charge in [-0.25, -0.2) is 0 Å². The van der Waals surface area contributed by atoms with E-state index in [1.165, 1.54) is 11.8 Å². The van der Waals surface area contributed by atoms with Crippen LogP contribution in [-0.2, 0) is 0 Å². The molecule has 0 saturated heterocycles. The number of benzene rings is 2. The number of ether oxygens (including phenoxy) is 2. The SMILES string of the molecule is COc1ccc(-c2nnc(S[C@@H](C)C(=O)c3cc(C)n(-c4ccccc4)c3C)o2)c(OC)c1. The molecule has 0 aliphatic carbocycles. The minimum absolute atomic E-state index is 0.0112. The Bertz CT molecular complexity index is 1280. The quantitative estimate of drug-likeness (QED) is 0.251. The Balaban J connectivity index is 1.54. The zero-order chi connectivity index (χ0) is 23.5. The monoisotopic (exact) mass is 463 g/mol. The van der Waals surface area contributed by atoms with Crippen molar-refractivity contribution >= 4 is 17.5 Å². The Morgan fingerprint density at radius 1 is 1.03 bits per heavy atom. The van der Waals surface area contributed by atoms with Gasteiger partial charge in [0.25, 0.3) is 11.1 Å². The minimum Gasteiger partial charge on any atom is -0.497 e. The van der Waals surface area contributed by atoms with Crippen LogP contribution in [0.3, 0.4) is 0 Å². The number of para-hydroxylation sites is 1. The number of carbonyl (C=O) groups excluding carboxylic acids is 1. The molecule has 33 heavy (non-hydrogen) atoms. The van der Waals surface area contributed by atoms with Gasteiger partial charge in [-0.2, -0.15) is 0 Å². The molecule has 170 valence electrons. The lowest BCUT2D eigenvalue weighted by atomic mass is 10.1. The van der Waals surface area contributed by atoms with Crippen LogP contribution in [0.2, 0.25) is 0 Å². The molecule has 1 atom stereocenters. The molecule has 0 N–H and O–H groups in total. The summed E-state index contributed by atoms with van der Waals surface area (Å²) in [6, 6.07) is 17.3. The summed E-state index contributed by atoms with van der Waals surface area (Å²) in [6.07, 6.45) is 0. The summed E-state index contributed by atoms with van der Waals surface area (Å²) in [5.74, 6) is 1.56. The molecular weight excluding hydrogens is 438 g/mol. The number of methoxy groups -OCH3 is 2. The molecule has 0 aliphatic rings. The van der Waals surface area contributed by atoms with Crippen LogP contribution in [0.25, 0.3) is 17.1 Å². The molecular formula is C25H25N3O4S. The van der Waals surface area contributed by atoms with Crippen molar-refractivity contribution in [1.29, 1.82) is 0 Å². The van der Waals surface area contributed by atoms with E-state index in [-0.39, 0.29) is 5.78 Å². The largest absolute Gasteiger partial charge is 0.497 e. The van der Waals surface area contributed by atoms with Crippen LogP contribution in [0.4, 0.5) is 0 Å². The third-order valence-electron chi connectivity index (χ3n) is 5.40. The predicted octanol–water partition coefficient (Wildman–Crippen LogP) is 5.52. The van der Waals surface area contributed by atoms with E-state index in [0.29, 0.717) is 33.7 Å². The molecule has 0 saturated carbocycles. The van der Waals surface area contributed by atoms with E-state index in [4.69, 9.17) is 13.9 Å². The average Bonchev–Trinajstić information content (AvgIpc) is 3.42. The highest BCUT2D eigenvalue weighted by molar-refractivity contribution is 8.00. The maximum absolute atomic E-state index is 13.3. The molecule has 0 radical (unpaired) electrons. The van der Waals surface area contributed by atoms with Gasteiger partial charge >= 0.3 is 0 Å². The number of carbonyl (C=O) groups is 1. The number of hydrogen-bond acceptors (Lipinski definition) is 7. The lowest BCUT2D eigenvalue weighted by Gasteiger charge is -2.11. The molecule has 0 bridgehead atoms. The van der Waals surface area contributed by atoms with Crippen LogP contribution < -0.4 is 9.47 Å². The number of rotatable bonds is 8. The van der Waals surface area contributed by atoms with E-state index in [2.05, 4.69) is 14.8 Å². The topological polar surface area (TPSA) is 79.4 Å². The van der Waals surface area contributed by atoms with Crippen molar-refractivity contribution < 1.29 is 18.7 Å². The third kappa shape index (κ3) is 4.52. The zero-order valence-corrected chi connectivity index (χ0v) is 20.0. The van der Waals surface area contributed by atoms with E-state index in [0.717, 1.165) is 17.1 Å². The number of aromatic nitrogens is 3. The van der Waals surface area contributed by atoms with E-state index in [1.807, 2.05) is 57.2 Å². The minimum atomic E-state index is -0.402. The highest BCUT2D eigenvalue weighted by atomic mass is 32.2. The van der Waals surface area contributed by atoms with E-state index in [1.54, 1.807) is 32.4 Å². The standard InChI is InChI=1S/C25H25N3O4S/c1-15-13-21(16(2)28(15)18-9-7-6-8-10-18)23(29)17(3)33-25-27-26-24(32-25)20-12-11-19(30-4)14-22(20)31-5/h6-14,17H,1-5H3/t17-/m0/s1. The average molecular weight is 464 g/mol. The van der Waals surface area contributed by atoms with Crippen molar-refractivity contribution in [2.75, 3.05) is 14.2 Å². The number of thioether (sulfide) groups is 1. The third-order valence-corrected chi connectivity index (χ3v) is 6.34. The number of nitrogens with zero attached hydrogens (tertiary/aromatic N) is 3. The molecule has 0 unspecified atom stereocenters. The highest BCUT2D eigenvalue weighted by Crippen LogP contribution is 2.35. The fourth-order valence-electron chi connectivity index (χ4n) is 3.75. The van der Waals surface area contributed by atoms with Gasteiger partial charge in [0.1, 0.15) is 11.5 Å². The van der Waals surface area contributed by atoms with Crippen molar-refractivity contribution in [3.63, 3.8) is 0 Å². The van der Waals surface area contributed by atoms with Crippen molar-refractivity contribution in [2.24, 2.45) is 0 Å². The van der Waals surface area contributed by atoms with Gasteiger partial charge < -0.3 is 18.5 Å². The summed E-state index contributed by atoms with van der Waals surface area (Å²) in [5.41, 5.74) is 4.29. The summed E-state index contributed by atoms with van der Waals surface area (Å²) in [5, 5.41) is 8.18. The Kier molecular flexibility index (Phi) is 6.55. The molecule has 0 fully saturated rings. The normalized spacial score (nSPS) is 11.9. The predicted molar refractivity (Wildman–Crippen MR) is 128 cm³/mol. The Morgan fingerprint density at radius 3 is 2.48 bits per heavy atom. The van der Waals surface area contributed by atoms with Gasteiger partial charge in [0.05, 0.1) is 25.0 Å². The maximum Gasteiger partial charge on any atom is 0.277 e. The summed E-state index contributed by atoms with van der Waals surface area (Å²) < 4.78 is 18.6. The van der Waals surface area contributed by atoms with Crippen LogP contribution in [0.5, 0.6) is 11.5 Å². The molecule has 2 heterocycles. The molecule has 8 heteroatoms. The first-order chi connectivity index (χ1) is 15.9. The van der Waals surface area contributed by atoms with E-state index < -0.39 is 5.25 Å². The van der Waals surface area contributed by atoms with Gasteiger partial charge in [-0.05, 0) is 51.1 Å². The van der Waals surface area contributed by atoms with Crippen molar-refractivity contribution in [2.45, 2.75) is 31.2 Å². The lowest BCUT2D eigenvalue weighted by Crippen LogP contribution is -2.14. The first-order valence-electron chi connectivity index (χ1n) is 10.4. The summed E-state index contributed by atoms with van der Waals surface area (Å²) in [7, 11) is 3.16. The van der Waals surface area contributed by atoms with Gasteiger partial charge in [-0.3, -0.25) is 4.79 Å². The molecule has 2 aromatic carbocycles. The van der Waals surface area contributed by atoms with Crippen molar-refractivity contribution in [3.8, 4) is 28.6 Å². The second-order valence-corrected chi connectivity index (χ2v) is 8.81. The van der Waals surface area contributed by atoms with E-state index in [9.17, 15) is 4.79 Å². The van der Waals surface area contributed by atoms with Gasteiger partial charge in [-0.1, -0.05) is 30.0 Å². The summed E-state index contributed by atoms with van der Waals surface area (Å²) in [4.78, 5) is 13.3. The Morgan fingerprint density at radius 2 is 1.79 bits per heavy atom. The highest BCUT2D eigenvalue weighted by Gasteiger charge is 2.25. The molecule has 4 rings (SSSR count). The van der Waals surface area contributed by atoms with Gasteiger partial charge in [0.15, 0.2) is 5.78 Å². The fourth-order valence-corrected chi connectivity index (χ4v) is 4.50. The van der Waals surface area contributed by atoms with Gasteiger partial charge in [-0.15, -0.1) is 10.2 Å². The first kappa shape index (κ1) is 22.7. The molecule has 0 aliphatic heterocycles. The van der Waals surface area contributed by atoms with Crippen molar-refractivity contribution in [1.82, 2.24) is 14.8 Å². The van der Waals surface area contributed by atoms with Gasteiger partial charge in [0, 0.05) is 28.7 Å². The van der Waals surface area contributed by atoms with Crippen LogP contribution in [0.1, 0.15) is 28.7 Å². The first-order valence-corrected chi connectivity index (χ1v) is 11.3. The number of hydrogen-bond donors (Lipinski definition) is 0. The van der Waals surface area contributed by atoms with Gasteiger partial charge in [0.2, 0.25) is 0 Å². The second-order valence-electron chi connectivity index (χ2n) is 7.52. The zero-order valence-electron chi connectivity index (χ0n) is 19.2. The van der Waals surface area contributed by atoms with Crippen LogP contribution in [0, 0.1) is 13.8 Å². The van der Waals surface area contributed by atoms with E-state index >= 15 is 0 Å². The fraction of sp³-hybridized carbons (Fsp3) is 0.240. The number of ketones is 1. The molecule has 2 aromatic heterocycles. The Hall–Kier alpha value is -3.52. The molecule has 7 nitrogen and oxygen atoms in total. The summed E-state index contributed by atoms with van der Waals surface area (Å²) >= 11 is 1.24. The van der Waals surface area contributed by atoms with Crippen LogP contribution in [-0.4, -0.2) is 40.0 Å². The molecule has 4 aromatic rings. The summed E-state index contributed by atoms with van der Waals surface area (Å²) in [6.45, 7) is 5.81. The lowest BCUT2D eigenvalue weighted by molar-refractivity contribution is 0.0993. The Labute approximate surface area is 196 Å².